The van der Waals surface area contributed by atoms with Crippen LogP contribution in [0, 0.1) is 6.92 Å². The number of hydrogen-bond donors (Lipinski definition) is 2. The number of anilines is 1. The van der Waals surface area contributed by atoms with Crippen LogP contribution in [-0.2, 0) is 14.6 Å². The number of benzene rings is 1. The van der Waals surface area contributed by atoms with Gasteiger partial charge in [0.2, 0.25) is 5.91 Å². The van der Waals surface area contributed by atoms with Gasteiger partial charge in [-0.15, -0.1) is 11.8 Å². The monoisotopic (exact) mass is 328 g/mol. The molecule has 0 spiro atoms. The van der Waals surface area contributed by atoms with Crippen LogP contribution in [0.4, 0.5) is 5.69 Å². The van der Waals surface area contributed by atoms with Crippen LogP contribution in [0.3, 0.4) is 0 Å². The molecule has 1 aromatic carbocycles. The molecule has 1 saturated heterocycles. The Bertz CT molecular complexity index is 658. The minimum Gasteiger partial charge on any atom is -0.399 e. The SMILES string of the molecule is Cc1ccc(N)cc1SCC(=O)NC1(C)CCS(=O)(=O)C1. The van der Waals surface area contributed by atoms with E-state index in [0.29, 0.717) is 12.1 Å². The molecule has 1 aliphatic heterocycles. The van der Waals surface area contributed by atoms with E-state index in [-0.39, 0.29) is 23.2 Å². The second-order valence-corrected chi connectivity index (χ2v) is 8.97. The minimum absolute atomic E-state index is 0.0215. The van der Waals surface area contributed by atoms with Gasteiger partial charge in [-0.25, -0.2) is 8.42 Å². The number of hydrogen-bond acceptors (Lipinski definition) is 5. The van der Waals surface area contributed by atoms with E-state index in [4.69, 9.17) is 5.73 Å². The van der Waals surface area contributed by atoms with Crippen LogP contribution in [-0.4, -0.2) is 37.1 Å². The zero-order valence-electron chi connectivity index (χ0n) is 12.2. The number of amides is 1. The van der Waals surface area contributed by atoms with Crippen LogP contribution in [0.2, 0.25) is 0 Å². The van der Waals surface area contributed by atoms with Gasteiger partial charge < -0.3 is 11.1 Å². The Morgan fingerprint density at radius 2 is 2.19 bits per heavy atom. The Labute approximate surface area is 129 Å². The number of nitrogens with two attached hydrogens (primary N) is 1. The first-order valence-electron chi connectivity index (χ1n) is 6.69. The van der Waals surface area contributed by atoms with Gasteiger partial charge in [0.1, 0.15) is 0 Å². The zero-order valence-corrected chi connectivity index (χ0v) is 13.8. The van der Waals surface area contributed by atoms with Gasteiger partial charge in [-0.3, -0.25) is 4.79 Å². The smallest absolute Gasteiger partial charge is 0.230 e. The largest absolute Gasteiger partial charge is 0.399 e. The van der Waals surface area contributed by atoms with Crippen LogP contribution in [0.1, 0.15) is 18.9 Å². The molecule has 1 fully saturated rings. The Morgan fingerprint density at radius 1 is 1.48 bits per heavy atom. The van der Waals surface area contributed by atoms with Crippen molar-refractivity contribution in [2.45, 2.75) is 30.7 Å². The van der Waals surface area contributed by atoms with E-state index in [1.807, 2.05) is 25.1 Å². The summed E-state index contributed by atoms with van der Waals surface area (Å²) in [6, 6.07) is 5.58. The Hall–Kier alpha value is -1.21. The van der Waals surface area contributed by atoms with Crippen LogP contribution in [0.5, 0.6) is 0 Å². The van der Waals surface area contributed by atoms with E-state index < -0.39 is 15.4 Å². The third-order valence-electron chi connectivity index (χ3n) is 3.52. The van der Waals surface area contributed by atoms with Gasteiger partial charge in [-0.05, 0) is 38.0 Å². The summed E-state index contributed by atoms with van der Waals surface area (Å²) in [5.74, 6) is 0.264. The van der Waals surface area contributed by atoms with Crippen LogP contribution >= 0.6 is 11.8 Å². The number of carbonyl (C=O) groups is 1. The lowest BCUT2D eigenvalue weighted by molar-refractivity contribution is -0.120. The average molecular weight is 328 g/mol. The molecular formula is C14H20N2O3S2. The minimum atomic E-state index is -3.02. The molecule has 0 radical (unpaired) electrons. The van der Waals surface area contributed by atoms with Crippen molar-refractivity contribution in [1.29, 1.82) is 0 Å². The maximum absolute atomic E-state index is 12.0. The average Bonchev–Trinajstić information content (AvgIpc) is 2.64. The first-order chi connectivity index (χ1) is 9.69. The molecule has 0 bridgehead atoms. The highest BCUT2D eigenvalue weighted by molar-refractivity contribution is 8.00. The second kappa shape index (κ2) is 5.88. The fraction of sp³-hybridized carbons (Fsp3) is 0.500. The third kappa shape index (κ3) is 4.38. The number of carbonyl (C=O) groups excluding carboxylic acids is 1. The summed E-state index contributed by atoms with van der Waals surface area (Å²) in [4.78, 5) is 13.0. The van der Waals surface area contributed by atoms with Gasteiger partial charge in [0.05, 0.1) is 22.8 Å². The summed E-state index contributed by atoms with van der Waals surface area (Å²) >= 11 is 1.41. The maximum atomic E-state index is 12.0. The first kappa shape index (κ1) is 16.2. The summed E-state index contributed by atoms with van der Waals surface area (Å²) in [5, 5.41) is 2.85. The topological polar surface area (TPSA) is 89.3 Å². The van der Waals surface area contributed by atoms with Crippen LogP contribution < -0.4 is 11.1 Å². The molecule has 7 heteroatoms. The van der Waals surface area contributed by atoms with Crippen molar-refractivity contribution >= 4 is 33.2 Å². The normalized spacial score (nSPS) is 23.9. The van der Waals surface area contributed by atoms with Crippen molar-refractivity contribution < 1.29 is 13.2 Å². The molecule has 1 unspecified atom stereocenters. The number of thioether (sulfide) groups is 1. The second-order valence-electron chi connectivity index (χ2n) is 5.76. The van der Waals surface area contributed by atoms with Crippen molar-refractivity contribution in [3.63, 3.8) is 0 Å². The van der Waals surface area contributed by atoms with Crippen molar-refractivity contribution in [1.82, 2.24) is 5.32 Å². The third-order valence-corrected chi connectivity index (χ3v) is 6.58. The molecule has 0 saturated carbocycles. The predicted octanol–water partition coefficient (Wildman–Crippen LogP) is 1.36. The lowest BCUT2D eigenvalue weighted by Crippen LogP contribution is -2.47. The van der Waals surface area contributed by atoms with Gasteiger partial charge >= 0.3 is 0 Å². The molecular weight excluding hydrogens is 308 g/mol. The molecule has 1 heterocycles. The van der Waals surface area contributed by atoms with Gasteiger partial charge in [-0.2, -0.15) is 0 Å². The van der Waals surface area contributed by atoms with Gasteiger partial charge in [0.15, 0.2) is 9.84 Å². The Morgan fingerprint density at radius 3 is 2.81 bits per heavy atom. The fourth-order valence-corrected chi connectivity index (χ4v) is 5.36. The van der Waals surface area contributed by atoms with Crippen LogP contribution in [0.15, 0.2) is 23.1 Å². The lowest BCUT2D eigenvalue weighted by Gasteiger charge is -2.23. The van der Waals surface area contributed by atoms with Gasteiger partial charge in [0, 0.05) is 10.6 Å². The number of nitrogens with one attached hydrogen (secondary N) is 1. The fourth-order valence-electron chi connectivity index (χ4n) is 2.40. The van der Waals surface area contributed by atoms with E-state index in [2.05, 4.69) is 5.32 Å². The highest BCUT2D eigenvalue weighted by Crippen LogP contribution is 2.26. The first-order valence-corrected chi connectivity index (χ1v) is 9.50. The summed E-state index contributed by atoms with van der Waals surface area (Å²) in [6.07, 6.45) is 0.475. The Kier molecular flexibility index (Phi) is 4.53. The van der Waals surface area contributed by atoms with Crippen molar-refractivity contribution in [2.75, 3.05) is 23.0 Å². The van der Waals surface area contributed by atoms with Crippen LogP contribution in [0.25, 0.3) is 0 Å². The highest BCUT2D eigenvalue weighted by atomic mass is 32.2. The number of sulfone groups is 1. The standard InChI is InChI=1S/C14H20N2O3S2/c1-10-3-4-11(15)7-12(10)20-8-13(17)16-14(2)5-6-21(18,19)9-14/h3-4,7H,5-6,8-9,15H2,1-2H3,(H,16,17). The van der Waals surface area contributed by atoms with E-state index in [0.717, 1.165) is 10.5 Å². The van der Waals surface area contributed by atoms with E-state index in [1.165, 1.54) is 11.8 Å². The van der Waals surface area contributed by atoms with E-state index in [1.54, 1.807) is 6.92 Å². The molecule has 1 amide bonds. The summed E-state index contributed by atoms with van der Waals surface area (Å²) in [6.45, 7) is 3.75. The van der Waals surface area contributed by atoms with Crippen molar-refractivity contribution in [3.8, 4) is 0 Å². The summed E-state index contributed by atoms with van der Waals surface area (Å²) < 4.78 is 23.0. The summed E-state index contributed by atoms with van der Waals surface area (Å²) in [5.41, 5.74) is 6.83. The van der Waals surface area contributed by atoms with Crippen molar-refractivity contribution in [2.24, 2.45) is 0 Å². The maximum Gasteiger partial charge on any atom is 0.230 e. The van der Waals surface area contributed by atoms with Gasteiger partial charge in [-0.1, -0.05) is 6.07 Å². The summed E-state index contributed by atoms with van der Waals surface area (Å²) in [7, 11) is -3.02. The molecule has 1 atom stereocenters. The molecule has 0 aliphatic carbocycles. The molecule has 2 rings (SSSR count). The van der Waals surface area contributed by atoms with Gasteiger partial charge in [0.25, 0.3) is 0 Å². The lowest BCUT2D eigenvalue weighted by atomic mass is 10.0. The molecule has 1 aliphatic rings. The molecule has 0 aromatic heterocycles. The molecule has 21 heavy (non-hydrogen) atoms. The van der Waals surface area contributed by atoms with E-state index >= 15 is 0 Å². The number of rotatable bonds is 4. The number of nitrogen functional groups attached to an aromatic ring is 1. The van der Waals surface area contributed by atoms with Crippen molar-refractivity contribution in [3.05, 3.63) is 23.8 Å². The zero-order chi connectivity index (χ0) is 15.7. The molecule has 1 aromatic rings. The molecule has 116 valence electrons. The highest BCUT2D eigenvalue weighted by Gasteiger charge is 2.39. The Balaban J connectivity index is 1.92. The molecule has 3 N–H and O–H groups in total. The number of aryl methyl sites for hydroxylation is 1. The molecule has 5 nitrogen and oxygen atoms in total. The predicted molar refractivity (Wildman–Crippen MR) is 86.1 cm³/mol. The van der Waals surface area contributed by atoms with E-state index in [9.17, 15) is 13.2 Å². The quantitative estimate of drug-likeness (QED) is 0.643.